The van der Waals surface area contributed by atoms with Gasteiger partial charge in [-0.25, -0.2) is 0 Å². The number of likely N-dealkylation sites (tertiary alicyclic amines) is 1. The van der Waals surface area contributed by atoms with Crippen molar-refractivity contribution in [2.45, 2.75) is 96.4 Å². The van der Waals surface area contributed by atoms with Gasteiger partial charge in [-0.1, -0.05) is 32.9 Å². The van der Waals surface area contributed by atoms with Crippen molar-refractivity contribution in [3.63, 3.8) is 0 Å². The number of hydrogen-bond donors (Lipinski definition) is 1. The fraction of sp³-hybridized carbons (Fsp3) is 0.759. The summed E-state index contributed by atoms with van der Waals surface area (Å²) in [5.41, 5.74) is -1.59. The Labute approximate surface area is 222 Å². The molecule has 208 valence electrons. The van der Waals surface area contributed by atoms with Crippen molar-refractivity contribution in [3.8, 4) is 0 Å². The summed E-state index contributed by atoms with van der Waals surface area (Å²) in [6.07, 6.45) is 6.46. The van der Waals surface area contributed by atoms with Gasteiger partial charge in [0.15, 0.2) is 0 Å². The average Bonchev–Trinajstić information content (AvgIpc) is 3.43. The third-order valence-corrected chi connectivity index (χ3v) is 7.95. The first-order chi connectivity index (χ1) is 17.3. The second-order valence-corrected chi connectivity index (χ2v) is 12.6. The average molecular weight is 519 g/mol. The first kappa shape index (κ1) is 29.4. The van der Waals surface area contributed by atoms with E-state index < -0.39 is 41.1 Å². The Hall–Kier alpha value is -2.19. The maximum atomic E-state index is 14.5. The van der Waals surface area contributed by atoms with E-state index in [9.17, 15) is 19.5 Å². The Kier molecular flexibility index (Phi) is 8.95. The van der Waals surface area contributed by atoms with E-state index in [0.717, 1.165) is 6.42 Å². The monoisotopic (exact) mass is 518 g/mol. The number of aliphatic hydroxyl groups excluding tert-OH is 1. The molecule has 0 aromatic carbocycles. The molecule has 3 rings (SSSR count). The normalized spacial score (nSPS) is 28.8. The second-order valence-electron chi connectivity index (χ2n) is 12.6. The molecule has 8 heteroatoms. The molecule has 3 aliphatic heterocycles. The van der Waals surface area contributed by atoms with Crippen LogP contribution in [0.3, 0.4) is 0 Å². The van der Waals surface area contributed by atoms with Gasteiger partial charge in [0.1, 0.15) is 11.6 Å². The van der Waals surface area contributed by atoms with Crippen LogP contribution in [0.5, 0.6) is 0 Å². The fourth-order valence-electron chi connectivity index (χ4n) is 6.98. The Morgan fingerprint density at radius 3 is 2.51 bits per heavy atom. The molecular formula is C29H46N2O6. The van der Waals surface area contributed by atoms with E-state index in [1.165, 1.54) is 0 Å². The van der Waals surface area contributed by atoms with Crippen LogP contribution in [0.25, 0.3) is 0 Å². The van der Waals surface area contributed by atoms with Crippen LogP contribution in [0, 0.1) is 17.3 Å². The number of rotatable bonds is 13. The highest BCUT2D eigenvalue weighted by Gasteiger charge is 2.75. The third-order valence-electron chi connectivity index (χ3n) is 7.95. The number of aliphatic hydroxyl groups is 1. The zero-order chi connectivity index (χ0) is 27.6. The van der Waals surface area contributed by atoms with E-state index >= 15 is 0 Å². The van der Waals surface area contributed by atoms with E-state index in [4.69, 9.17) is 9.47 Å². The van der Waals surface area contributed by atoms with Crippen LogP contribution in [-0.4, -0.2) is 82.3 Å². The number of carbonyl (C=O) groups is 3. The molecule has 0 aromatic rings. The van der Waals surface area contributed by atoms with Gasteiger partial charge >= 0.3 is 5.97 Å². The van der Waals surface area contributed by atoms with Crippen molar-refractivity contribution >= 4 is 17.8 Å². The lowest BCUT2D eigenvalue weighted by Crippen LogP contribution is -2.61. The van der Waals surface area contributed by atoms with Crippen LogP contribution in [0.15, 0.2) is 25.3 Å². The third kappa shape index (κ3) is 5.65. The molecule has 1 N–H and O–H groups in total. The minimum absolute atomic E-state index is 0.00719. The molecule has 0 aliphatic carbocycles. The highest BCUT2D eigenvalue weighted by Crippen LogP contribution is 2.59. The summed E-state index contributed by atoms with van der Waals surface area (Å²) < 4.78 is 12.0. The number of unbranched alkanes of at least 4 members (excludes halogenated alkanes) is 1. The summed E-state index contributed by atoms with van der Waals surface area (Å²) in [5, 5.41) is 9.35. The standard InChI is InChI=1S/C29H46N2O6/c1-8-10-18-36-26(35)21-20-13-14-29(37-20)22(21)24(33)30(16-11-12-17-32)23(29)25(34)31(15-9-2)28(6,7)19-27(3,4)5/h8-9,20-23,32H,1-2,10-19H2,3-7H3/t20-,21+,22+,23?,29?/m1/s1. The minimum atomic E-state index is -1.06. The van der Waals surface area contributed by atoms with E-state index in [2.05, 4.69) is 47.8 Å². The molecule has 2 amide bonds. The molecule has 3 heterocycles. The molecule has 2 unspecified atom stereocenters. The predicted molar refractivity (Wildman–Crippen MR) is 141 cm³/mol. The predicted octanol–water partition coefficient (Wildman–Crippen LogP) is 3.48. The highest BCUT2D eigenvalue weighted by molar-refractivity contribution is 5.98. The number of nitrogens with zero attached hydrogens (tertiary/aromatic N) is 2. The summed E-state index contributed by atoms with van der Waals surface area (Å²) in [6, 6.07) is -0.834. The van der Waals surface area contributed by atoms with E-state index in [0.29, 0.717) is 45.2 Å². The maximum absolute atomic E-state index is 14.5. The van der Waals surface area contributed by atoms with Crippen molar-refractivity contribution in [2.24, 2.45) is 17.3 Å². The van der Waals surface area contributed by atoms with Gasteiger partial charge in [-0.3, -0.25) is 14.4 Å². The summed E-state index contributed by atoms with van der Waals surface area (Å²) >= 11 is 0. The van der Waals surface area contributed by atoms with Crippen molar-refractivity contribution in [3.05, 3.63) is 25.3 Å². The van der Waals surface area contributed by atoms with Crippen molar-refractivity contribution in [2.75, 3.05) is 26.3 Å². The zero-order valence-electron chi connectivity index (χ0n) is 23.3. The quantitative estimate of drug-likeness (QED) is 0.228. The van der Waals surface area contributed by atoms with Crippen LogP contribution in [0.2, 0.25) is 0 Å². The molecule has 0 aromatic heterocycles. The summed E-state index contributed by atoms with van der Waals surface area (Å²) in [7, 11) is 0. The Morgan fingerprint density at radius 2 is 1.92 bits per heavy atom. The van der Waals surface area contributed by atoms with E-state index in [-0.39, 0.29) is 30.4 Å². The smallest absolute Gasteiger partial charge is 0.312 e. The summed E-state index contributed by atoms with van der Waals surface area (Å²) in [4.78, 5) is 45.0. The van der Waals surface area contributed by atoms with Crippen LogP contribution in [0.4, 0.5) is 0 Å². The van der Waals surface area contributed by atoms with Crippen LogP contribution >= 0.6 is 0 Å². The van der Waals surface area contributed by atoms with Gasteiger partial charge in [-0.05, 0) is 57.8 Å². The molecule has 3 saturated heterocycles. The van der Waals surface area contributed by atoms with Crippen LogP contribution in [0.1, 0.15) is 73.1 Å². The topological polar surface area (TPSA) is 96.4 Å². The van der Waals surface area contributed by atoms with Gasteiger partial charge in [0.05, 0.1) is 24.5 Å². The highest BCUT2D eigenvalue weighted by atomic mass is 16.6. The first-order valence-corrected chi connectivity index (χ1v) is 13.6. The first-order valence-electron chi connectivity index (χ1n) is 13.6. The van der Waals surface area contributed by atoms with Crippen LogP contribution < -0.4 is 0 Å². The molecular weight excluding hydrogens is 472 g/mol. The van der Waals surface area contributed by atoms with Crippen molar-refractivity contribution in [1.82, 2.24) is 9.80 Å². The lowest BCUT2D eigenvalue weighted by molar-refractivity contribution is -0.156. The molecule has 1 spiro atoms. The number of hydrogen-bond acceptors (Lipinski definition) is 6. The van der Waals surface area contributed by atoms with E-state index in [1.54, 1.807) is 17.1 Å². The largest absolute Gasteiger partial charge is 0.465 e. The molecule has 5 atom stereocenters. The molecule has 3 aliphatic rings. The molecule has 37 heavy (non-hydrogen) atoms. The Balaban J connectivity index is 2.01. The lowest BCUT2D eigenvalue weighted by Gasteiger charge is -2.45. The molecule has 0 saturated carbocycles. The van der Waals surface area contributed by atoms with E-state index in [1.807, 2.05) is 4.90 Å². The number of fused-ring (bicyclic) bond motifs is 1. The minimum Gasteiger partial charge on any atom is -0.465 e. The zero-order valence-corrected chi connectivity index (χ0v) is 23.3. The van der Waals surface area contributed by atoms with Gasteiger partial charge in [0, 0.05) is 25.2 Å². The maximum Gasteiger partial charge on any atom is 0.312 e. The number of amides is 2. The SMILES string of the molecule is C=CCCOC(=O)[C@@H]1[C@H]2C(=O)N(CCCCO)C(C(=O)N(CC=C)C(C)(C)CC(C)(C)C)C23CC[C@H]1O3. The molecule has 2 bridgehead atoms. The molecule has 8 nitrogen and oxygen atoms in total. The number of carbonyl (C=O) groups excluding carboxylic acids is 3. The Bertz CT molecular complexity index is 893. The van der Waals surface area contributed by atoms with Gasteiger partial charge in [-0.15, -0.1) is 13.2 Å². The lowest BCUT2D eigenvalue weighted by atomic mass is 9.70. The van der Waals surface area contributed by atoms with Gasteiger partial charge < -0.3 is 24.4 Å². The second kappa shape index (κ2) is 11.3. The number of esters is 1. The van der Waals surface area contributed by atoms with Crippen LogP contribution in [-0.2, 0) is 23.9 Å². The summed E-state index contributed by atoms with van der Waals surface area (Å²) in [6.45, 7) is 19.0. The van der Waals surface area contributed by atoms with Crippen molar-refractivity contribution < 1.29 is 29.0 Å². The summed E-state index contributed by atoms with van der Waals surface area (Å²) in [5.74, 6) is -2.31. The van der Waals surface area contributed by atoms with Crippen molar-refractivity contribution in [1.29, 1.82) is 0 Å². The fourth-order valence-corrected chi connectivity index (χ4v) is 6.98. The van der Waals surface area contributed by atoms with Gasteiger partial charge in [0.2, 0.25) is 11.8 Å². The van der Waals surface area contributed by atoms with Gasteiger partial charge in [0.25, 0.3) is 0 Å². The molecule has 0 radical (unpaired) electrons. The van der Waals surface area contributed by atoms with Gasteiger partial charge in [-0.2, -0.15) is 0 Å². The Morgan fingerprint density at radius 1 is 1.22 bits per heavy atom. The number of ether oxygens (including phenoxy) is 2. The molecule has 3 fully saturated rings.